The lowest BCUT2D eigenvalue weighted by Crippen LogP contribution is -2.12. The Balaban J connectivity index is 1.70. The number of hydrogen-bond acceptors (Lipinski definition) is 6. The maximum atomic E-state index is 11.4. The molecule has 0 aliphatic rings. The number of hydrogen-bond donors (Lipinski definition) is 3. The van der Waals surface area contributed by atoms with E-state index in [1.165, 1.54) is 23.5 Å². The van der Waals surface area contributed by atoms with Crippen molar-refractivity contribution in [2.24, 2.45) is 5.14 Å². The zero-order valence-electron chi connectivity index (χ0n) is 16.0. The van der Waals surface area contributed by atoms with Crippen molar-refractivity contribution in [2.45, 2.75) is 31.2 Å². The summed E-state index contributed by atoms with van der Waals surface area (Å²) in [7, 11) is -3.70. The molecule has 0 saturated heterocycles. The van der Waals surface area contributed by atoms with E-state index in [-0.39, 0.29) is 10.8 Å². The average molecular weight is 428 g/mol. The number of anilines is 1. The van der Waals surface area contributed by atoms with E-state index in [2.05, 4.69) is 19.2 Å². The van der Waals surface area contributed by atoms with Gasteiger partial charge >= 0.3 is 0 Å². The third kappa shape index (κ3) is 3.66. The van der Waals surface area contributed by atoms with Gasteiger partial charge < -0.3 is 10.4 Å². The van der Waals surface area contributed by atoms with Crippen molar-refractivity contribution in [1.29, 1.82) is 0 Å². The normalized spacial score (nSPS) is 12.1. The van der Waals surface area contributed by atoms with E-state index in [9.17, 15) is 13.5 Å². The Morgan fingerprint density at radius 3 is 2.38 bits per heavy atom. The maximum absolute atomic E-state index is 11.4. The van der Waals surface area contributed by atoms with Crippen molar-refractivity contribution in [3.8, 4) is 5.75 Å². The summed E-state index contributed by atoms with van der Waals surface area (Å²) in [6.45, 7) is 4.61. The van der Waals surface area contributed by atoms with Crippen LogP contribution in [0.1, 0.15) is 30.9 Å². The van der Waals surface area contributed by atoms with Crippen LogP contribution < -0.4 is 10.5 Å². The molecule has 0 aliphatic heterocycles. The molecule has 0 aliphatic carbocycles. The first kappa shape index (κ1) is 19.6. The fourth-order valence-corrected chi connectivity index (χ4v) is 5.10. The standard InChI is InChI=1S/C21H21N3O3S2/c1-12(2)17-19(25)16-6-4-3-5-15(16)18-20(17)28-21(24-18)23-11-13-7-9-14(10-8-13)29(22,26)27/h3-10,12,25H,11H2,1-2H3,(H,23,24)(H2,22,26,27). The van der Waals surface area contributed by atoms with Gasteiger partial charge in [0.25, 0.3) is 0 Å². The molecular formula is C21H21N3O3S2. The molecule has 3 aromatic carbocycles. The number of fused-ring (bicyclic) bond motifs is 3. The van der Waals surface area contributed by atoms with Crippen LogP contribution in [0.3, 0.4) is 0 Å². The molecule has 1 aromatic heterocycles. The van der Waals surface area contributed by atoms with Gasteiger partial charge in [-0.3, -0.25) is 0 Å². The molecule has 0 saturated carbocycles. The highest BCUT2D eigenvalue weighted by molar-refractivity contribution is 7.89. The van der Waals surface area contributed by atoms with Crippen LogP contribution in [0.25, 0.3) is 21.0 Å². The lowest BCUT2D eigenvalue weighted by atomic mass is 9.96. The Kier molecular flexibility index (Phi) is 4.94. The van der Waals surface area contributed by atoms with Crippen molar-refractivity contribution >= 4 is 47.5 Å². The quantitative estimate of drug-likeness (QED) is 0.434. The van der Waals surface area contributed by atoms with Crippen LogP contribution in [0, 0.1) is 0 Å². The van der Waals surface area contributed by atoms with Crippen LogP contribution in [0.5, 0.6) is 5.75 Å². The number of phenolic OH excluding ortho intramolecular Hbond substituents is 1. The SMILES string of the molecule is CC(C)c1c(O)c2ccccc2c2nc(NCc3ccc(S(N)(=O)=O)cc3)sc12. The molecule has 0 atom stereocenters. The number of nitrogens with zero attached hydrogens (tertiary/aromatic N) is 1. The minimum atomic E-state index is -3.70. The number of primary sulfonamides is 1. The second-order valence-electron chi connectivity index (χ2n) is 7.20. The van der Waals surface area contributed by atoms with E-state index in [1.807, 2.05) is 24.3 Å². The van der Waals surface area contributed by atoms with Gasteiger partial charge in [0.05, 0.1) is 15.1 Å². The highest BCUT2D eigenvalue weighted by atomic mass is 32.2. The van der Waals surface area contributed by atoms with E-state index in [4.69, 9.17) is 10.1 Å². The molecule has 1 heterocycles. The maximum Gasteiger partial charge on any atom is 0.238 e. The van der Waals surface area contributed by atoms with Crippen LogP contribution in [0.15, 0.2) is 53.4 Å². The number of nitrogens with two attached hydrogens (primary N) is 1. The summed E-state index contributed by atoms with van der Waals surface area (Å²) in [5.41, 5.74) is 2.69. The van der Waals surface area contributed by atoms with E-state index in [0.29, 0.717) is 12.3 Å². The van der Waals surface area contributed by atoms with Crippen molar-refractivity contribution in [3.63, 3.8) is 0 Å². The molecule has 0 unspecified atom stereocenters. The summed E-state index contributed by atoms with van der Waals surface area (Å²) in [5.74, 6) is 0.470. The number of rotatable bonds is 5. The van der Waals surface area contributed by atoms with Crippen LogP contribution in [-0.2, 0) is 16.6 Å². The van der Waals surface area contributed by atoms with Crippen LogP contribution in [0.4, 0.5) is 5.13 Å². The van der Waals surface area contributed by atoms with Gasteiger partial charge in [-0.15, -0.1) is 0 Å². The minimum Gasteiger partial charge on any atom is -0.507 e. The lowest BCUT2D eigenvalue weighted by molar-refractivity contribution is 0.473. The zero-order valence-corrected chi connectivity index (χ0v) is 17.6. The summed E-state index contributed by atoms with van der Waals surface area (Å²) in [6, 6.07) is 14.2. The summed E-state index contributed by atoms with van der Waals surface area (Å²) in [5, 5.41) is 21.7. The van der Waals surface area contributed by atoms with Crippen LogP contribution in [-0.4, -0.2) is 18.5 Å². The highest BCUT2D eigenvalue weighted by Crippen LogP contribution is 2.44. The Bertz CT molecular complexity index is 1310. The molecule has 0 amide bonds. The number of benzene rings is 3. The smallest absolute Gasteiger partial charge is 0.238 e. The Labute approximate surface area is 173 Å². The first-order valence-corrected chi connectivity index (χ1v) is 11.5. The molecule has 0 radical (unpaired) electrons. The first-order valence-electron chi connectivity index (χ1n) is 9.15. The summed E-state index contributed by atoms with van der Waals surface area (Å²) in [6.07, 6.45) is 0. The number of aromatic hydroxyl groups is 1. The molecule has 4 aromatic rings. The topological polar surface area (TPSA) is 105 Å². The number of aromatic nitrogens is 1. The summed E-state index contributed by atoms with van der Waals surface area (Å²) >= 11 is 1.51. The van der Waals surface area contributed by atoms with E-state index in [0.717, 1.165) is 37.2 Å². The van der Waals surface area contributed by atoms with Gasteiger partial charge in [0.1, 0.15) is 5.75 Å². The van der Waals surface area contributed by atoms with Crippen LogP contribution >= 0.6 is 11.3 Å². The van der Waals surface area contributed by atoms with E-state index < -0.39 is 10.0 Å². The van der Waals surface area contributed by atoms with Gasteiger partial charge in [0, 0.05) is 22.9 Å². The third-order valence-electron chi connectivity index (χ3n) is 4.84. The van der Waals surface area contributed by atoms with E-state index in [1.54, 1.807) is 12.1 Å². The lowest BCUT2D eigenvalue weighted by Gasteiger charge is -2.12. The summed E-state index contributed by atoms with van der Waals surface area (Å²) in [4.78, 5) is 4.87. The monoisotopic (exact) mass is 427 g/mol. The van der Waals surface area contributed by atoms with Crippen molar-refractivity contribution < 1.29 is 13.5 Å². The molecular weight excluding hydrogens is 406 g/mol. The van der Waals surface area contributed by atoms with Gasteiger partial charge in [-0.2, -0.15) is 0 Å². The van der Waals surface area contributed by atoms with Gasteiger partial charge in [0.15, 0.2) is 5.13 Å². The van der Waals surface area contributed by atoms with Gasteiger partial charge in [-0.05, 0) is 23.6 Å². The fraction of sp³-hybridized carbons (Fsp3) is 0.190. The van der Waals surface area contributed by atoms with Crippen molar-refractivity contribution in [2.75, 3.05) is 5.32 Å². The molecule has 0 bridgehead atoms. The number of sulfonamides is 1. The van der Waals surface area contributed by atoms with Gasteiger partial charge in [-0.1, -0.05) is 61.6 Å². The van der Waals surface area contributed by atoms with E-state index >= 15 is 0 Å². The van der Waals surface area contributed by atoms with Crippen LogP contribution in [0.2, 0.25) is 0 Å². The molecule has 150 valence electrons. The second-order valence-corrected chi connectivity index (χ2v) is 9.76. The Morgan fingerprint density at radius 1 is 1.10 bits per heavy atom. The molecule has 0 spiro atoms. The molecule has 29 heavy (non-hydrogen) atoms. The first-order chi connectivity index (χ1) is 13.8. The molecule has 8 heteroatoms. The molecule has 6 nitrogen and oxygen atoms in total. The molecule has 4 N–H and O–H groups in total. The average Bonchev–Trinajstić information content (AvgIpc) is 3.10. The summed E-state index contributed by atoms with van der Waals surface area (Å²) < 4.78 is 23.7. The Morgan fingerprint density at radius 2 is 1.76 bits per heavy atom. The largest absolute Gasteiger partial charge is 0.507 e. The minimum absolute atomic E-state index is 0.0877. The molecule has 4 rings (SSSR count). The van der Waals surface area contributed by atoms with Crippen molar-refractivity contribution in [3.05, 3.63) is 59.7 Å². The van der Waals surface area contributed by atoms with Crippen molar-refractivity contribution in [1.82, 2.24) is 4.98 Å². The number of thiazole rings is 1. The van der Waals surface area contributed by atoms with Gasteiger partial charge in [-0.25, -0.2) is 18.5 Å². The highest BCUT2D eigenvalue weighted by Gasteiger charge is 2.19. The number of nitrogens with one attached hydrogen (secondary N) is 1. The predicted molar refractivity (Wildman–Crippen MR) is 118 cm³/mol. The Hall–Kier alpha value is -2.68. The number of phenols is 1. The fourth-order valence-electron chi connectivity index (χ4n) is 3.42. The second kappa shape index (κ2) is 7.29. The predicted octanol–water partition coefficient (Wildman–Crippen LogP) is 4.54. The third-order valence-corrected chi connectivity index (χ3v) is 6.81. The zero-order chi connectivity index (χ0) is 20.8. The van der Waals surface area contributed by atoms with Gasteiger partial charge in [0.2, 0.25) is 10.0 Å². The molecule has 0 fully saturated rings.